The number of methoxy groups -OCH3 is 1. The van der Waals surface area contributed by atoms with Crippen molar-refractivity contribution in [1.29, 1.82) is 0 Å². The third-order valence-electron chi connectivity index (χ3n) is 13.8. The molecule has 0 aromatic carbocycles. The third-order valence-corrected chi connectivity index (χ3v) is 14.4. The highest BCUT2D eigenvalue weighted by Gasteiger charge is 2.59. The zero-order chi connectivity index (χ0) is 38.3. The van der Waals surface area contributed by atoms with Crippen molar-refractivity contribution in [3.63, 3.8) is 0 Å². The molecule has 0 aromatic rings. The molecule has 0 bridgehead atoms. The van der Waals surface area contributed by atoms with Gasteiger partial charge in [-0.15, -0.1) is 0 Å². The van der Waals surface area contributed by atoms with E-state index in [9.17, 15) is 9.36 Å². The molecule has 0 heterocycles. The lowest BCUT2D eigenvalue weighted by Crippen LogP contribution is -2.50. The molecule has 10 atom stereocenters. The zero-order valence-corrected chi connectivity index (χ0v) is 35.7. The molecule has 0 aliphatic heterocycles. The maximum atomic E-state index is 12.9. The van der Waals surface area contributed by atoms with Crippen molar-refractivity contribution in [2.45, 2.75) is 124 Å². The van der Waals surface area contributed by atoms with Gasteiger partial charge in [0.05, 0.1) is 52.9 Å². The van der Waals surface area contributed by atoms with Crippen molar-refractivity contribution in [2.24, 2.45) is 52.3 Å². The normalized spacial score (nSPS) is 31.3. The Balaban J connectivity index is 1.03. The number of carbonyl (C=O) groups excluding carboxylic acids is 1. The SMILES string of the molecule is COCC(COCCOCCOCCOCCCNC(=O)CC1CCC2(C)C(=CCC3C2CCC2(C)C3CCC2[C@H](C)CCCC(C)C)C1)O[PH](C)=O. The van der Waals surface area contributed by atoms with E-state index in [0.717, 1.165) is 48.3 Å². The number of fused-ring (bicyclic) bond motifs is 5. The second kappa shape index (κ2) is 22.8. The molecular weight excluding hydrogens is 689 g/mol. The van der Waals surface area contributed by atoms with Crippen LogP contribution >= 0.6 is 8.03 Å². The van der Waals surface area contributed by atoms with Crippen LogP contribution in [-0.2, 0) is 37.6 Å². The van der Waals surface area contributed by atoms with E-state index in [1.807, 2.05) is 0 Å². The fraction of sp³-hybridized carbons (Fsp3) is 0.930. The Labute approximate surface area is 324 Å². The van der Waals surface area contributed by atoms with Gasteiger partial charge in [0.2, 0.25) is 5.91 Å². The third kappa shape index (κ3) is 13.4. The minimum atomic E-state index is -2.03. The predicted molar refractivity (Wildman–Crippen MR) is 214 cm³/mol. The highest BCUT2D eigenvalue weighted by molar-refractivity contribution is 7.38. The van der Waals surface area contributed by atoms with Gasteiger partial charge in [0.25, 0.3) is 0 Å². The lowest BCUT2D eigenvalue weighted by Gasteiger charge is -2.58. The molecule has 1 amide bonds. The Morgan fingerprint density at radius 1 is 0.868 bits per heavy atom. The van der Waals surface area contributed by atoms with E-state index in [2.05, 4.69) is 46.0 Å². The number of nitrogens with one attached hydrogen (secondary N) is 1. The minimum Gasteiger partial charge on any atom is -0.382 e. The van der Waals surface area contributed by atoms with E-state index < -0.39 is 8.03 Å². The van der Waals surface area contributed by atoms with E-state index in [4.69, 9.17) is 28.2 Å². The van der Waals surface area contributed by atoms with Crippen molar-refractivity contribution in [3.8, 4) is 0 Å². The second-order valence-corrected chi connectivity index (χ2v) is 19.1. The molecule has 9 nitrogen and oxygen atoms in total. The summed E-state index contributed by atoms with van der Waals surface area (Å²) in [7, 11) is -0.457. The van der Waals surface area contributed by atoms with Crippen LogP contribution in [0.3, 0.4) is 0 Å². The van der Waals surface area contributed by atoms with Crippen molar-refractivity contribution >= 4 is 13.9 Å². The monoisotopic (exact) mass is 768 g/mol. The van der Waals surface area contributed by atoms with E-state index in [-0.39, 0.29) is 12.0 Å². The van der Waals surface area contributed by atoms with E-state index >= 15 is 0 Å². The van der Waals surface area contributed by atoms with Gasteiger partial charge in [0.1, 0.15) is 6.10 Å². The van der Waals surface area contributed by atoms with Gasteiger partial charge in [-0.2, -0.15) is 0 Å². The summed E-state index contributed by atoms with van der Waals surface area (Å²) >= 11 is 0. The highest BCUT2D eigenvalue weighted by Crippen LogP contribution is 2.67. The number of hydrogen-bond donors (Lipinski definition) is 1. The first-order valence-electron chi connectivity index (χ1n) is 21.4. The minimum absolute atomic E-state index is 0.191. The summed E-state index contributed by atoms with van der Waals surface area (Å²) in [4.78, 5) is 12.9. The fourth-order valence-corrected chi connectivity index (χ4v) is 11.7. The quantitative estimate of drug-likeness (QED) is 0.0530. The van der Waals surface area contributed by atoms with Gasteiger partial charge in [-0.3, -0.25) is 9.36 Å². The summed E-state index contributed by atoms with van der Waals surface area (Å²) in [5, 5.41) is 3.16. The van der Waals surface area contributed by atoms with Crippen LogP contribution in [0.1, 0.15) is 118 Å². The van der Waals surface area contributed by atoms with Gasteiger partial charge in [-0.05, 0) is 110 Å². The van der Waals surface area contributed by atoms with Crippen LogP contribution in [0.5, 0.6) is 0 Å². The van der Waals surface area contributed by atoms with E-state index in [1.165, 1.54) is 64.2 Å². The van der Waals surface area contributed by atoms with Crippen LogP contribution in [0, 0.1) is 52.3 Å². The number of hydrogen-bond acceptors (Lipinski definition) is 8. The summed E-state index contributed by atoms with van der Waals surface area (Å²) in [6.07, 6.45) is 18.5. The van der Waals surface area contributed by atoms with Crippen LogP contribution in [0.25, 0.3) is 0 Å². The molecule has 4 aliphatic rings. The maximum Gasteiger partial charge on any atom is 0.220 e. The molecule has 9 unspecified atom stereocenters. The first-order chi connectivity index (χ1) is 25.5. The number of ether oxygens (including phenoxy) is 5. The lowest BCUT2D eigenvalue weighted by molar-refractivity contribution is -0.122. The molecule has 4 aliphatic carbocycles. The lowest BCUT2D eigenvalue weighted by atomic mass is 9.46. The van der Waals surface area contributed by atoms with Crippen LogP contribution in [0.15, 0.2) is 11.6 Å². The van der Waals surface area contributed by atoms with Gasteiger partial charge in [-0.1, -0.05) is 65.5 Å². The molecule has 10 heteroatoms. The molecule has 3 fully saturated rings. The number of allylic oxidation sites excluding steroid dienone is 2. The van der Waals surface area contributed by atoms with Gasteiger partial charge in [0, 0.05) is 33.3 Å². The van der Waals surface area contributed by atoms with Crippen molar-refractivity contribution in [3.05, 3.63) is 11.6 Å². The van der Waals surface area contributed by atoms with E-state index in [1.54, 1.807) is 19.3 Å². The number of amides is 1. The van der Waals surface area contributed by atoms with Crippen LogP contribution < -0.4 is 5.32 Å². The smallest absolute Gasteiger partial charge is 0.220 e. The Hall–Kier alpha value is -0.800. The molecular formula is C43H78NO8P. The van der Waals surface area contributed by atoms with Gasteiger partial charge in [0.15, 0.2) is 8.03 Å². The topological polar surface area (TPSA) is 102 Å². The first kappa shape index (κ1) is 44.9. The highest BCUT2D eigenvalue weighted by atomic mass is 31.1. The molecule has 0 aromatic heterocycles. The first-order valence-corrected chi connectivity index (χ1v) is 23.2. The number of carbonyl (C=O) groups is 1. The van der Waals surface area contributed by atoms with Crippen LogP contribution in [0.2, 0.25) is 0 Å². The largest absolute Gasteiger partial charge is 0.382 e. The molecule has 3 saturated carbocycles. The van der Waals surface area contributed by atoms with Crippen molar-refractivity contribution in [1.82, 2.24) is 5.32 Å². The molecule has 0 saturated heterocycles. The van der Waals surface area contributed by atoms with E-state index in [0.29, 0.717) is 89.2 Å². The molecule has 0 radical (unpaired) electrons. The summed E-state index contributed by atoms with van der Waals surface area (Å²) < 4.78 is 44.0. The predicted octanol–water partition coefficient (Wildman–Crippen LogP) is 8.74. The summed E-state index contributed by atoms with van der Waals surface area (Å²) in [5.41, 5.74) is 2.56. The van der Waals surface area contributed by atoms with Gasteiger partial charge in [-0.25, -0.2) is 0 Å². The van der Waals surface area contributed by atoms with Gasteiger partial charge < -0.3 is 33.5 Å². The average molecular weight is 768 g/mol. The number of rotatable bonds is 26. The van der Waals surface area contributed by atoms with Crippen LogP contribution in [-0.4, -0.2) is 91.8 Å². The molecule has 53 heavy (non-hydrogen) atoms. The summed E-state index contributed by atoms with van der Waals surface area (Å²) in [6.45, 7) is 18.9. The second-order valence-electron chi connectivity index (χ2n) is 17.9. The molecule has 308 valence electrons. The van der Waals surface area contributed by atoms with Crippen molar-refractivity contribution in [2.75, 3.05) is 79.8 Å². The molecule has 0 spiro atoms. The standard InChI is InChI=1S/C43H78NO8P/c1-32(2)10-8-11-33(3)38-14-15-39-37-13-12-35-28-34(16-18-42(35,4)40(37)17-19-43(38,39)5)29-41(45)44-20-9-21-48-22-23-49-24-25-50-26-27-51-31-36(30-47-6)52-53(7)46/h12,32-34,36-40,53H,8-11,13-31H2,1-7H3,(H,44,45)/t33-,34?,36?,37?,38?,39?,40?,42?,43?/m1/s1. The Bertz CT molecular complexity index is 1140. The fourth-order valence-electron chi connectivity index (χ4n) is 11.1. The van der Waals surface area contributed by atoms with Crippen molar-refractivity contribution < 1.29 is 37.6 Å². The Morgan fingerprint density at radius 2 is 1.57 bits per heavy atom. The zero-order valence-electron chi connectivity index (χ0n) is 34.7. The summed E-state index contributed by atoms with van der Waals surface area (Å²) in [6, 6.07) is 0. The maximum absolute atomic E-state index is 12.9. The van der Waals surface area contributed by atoms with Gasteiger partial charge >= 0.3 is 0 Å². The average Bonchev–Trinajstić information content (AvgIpc) is 3.47. The molecule has 1 N–H and O–H groups in total. The summed E-state index contributed by atoms with van der Waals surface area (Å²) in [5.74, 6) is 5.84. The Morgan fingerprint density at radius 3 is 2.25 bits per heavy atom. The van der Waals surface area contributed by atoms with Crippen LogP contribution in [0.4, 0.5) is 0 Å². The molecule has 4 rings (SSSR count). The Kier molecular flexibility index (Phi) is 19.3.